The lowest BCUT2D eigenvalue weighted by atomic mass is 10.2. The van der Waals surface area contributed by atoms with Gasteiger partial charge in [-0.1, -0.05) is 25.1 Å². The van der Waals surface area contributed by atoms with Gasteiger partial charge in [0.1, 0.15) is 5.82 Å². The average molecular weight is 210 g/mol. The van der Waals surface area contributed by atoms with Crippen LogP contribution in [0.15, 0.2) is 24.3 Å². The Balaban J connectivity index is 2.60. The molecule has 0 bridgehead atoms. The van der Waals surface area contributed by atoms with E-state index < -0.39 is 0 Å². The van der Waals surface area contributed by atoms with Crippen molar-refractivity contribution in [1.29, 1.82) is 0 Å². The normalized spacial score (nSPS) is 10.9. The Bertz CT molecular complexity index is 283. The SMILES string of the molecule is CCCN(CCN)Cc1ccccc1F. The summed E-state index contributed by atoms with van der Waals surface area (Å²) in [4.78, 5) is 2.18. The molecule has 2 nitrogen and oxygen atoms in total. The first kappa shape index (κ1) is 12.1. The van der Waals surface area contributed by atoms with E-state index in [9.17, 15) is 4.39 Å². The van der Waals surface area contributed by atoms with E-state index in [1.165, 1.54) is 6.07 Å². The minimum absolute atomic E-state index is 0.129. The number of hydrogen-bond donors (Lipinski definition) is 1. The van der Waals surface area contributed by atoms with Crippen LogP contribution in [0, 0.1) is 5.82 Å². The molecule has 0 saturated heterocycles. The first-order valence-electron chi connectivity index (χ1n) is 5.43. The van der Waals surface area contributed by atoms with Crippen molar-refractivity contribution >= 4 is 0 Å². The van der Waals surface area contributed by atoms with Gasteiger partial charge in [0, 0.05) is 25.2 Å². The molecule has 1 aromatic rings. The van der Waals surface area contributed by atoms with E-state index in [1.54, 1.807) is 6.07 Å². The van der Waals surface area contributed by atoms with Crippen LogP contribution >= 0.6 is 0 Å². The summed E-state index contributed by atoms with van der Waals surface area (Å²) in [6.07, 6.45) is 1.06. The Morgan fingerprint density at radius 1 is 1.27 bits per heavy atom. The number of nitrogens with two attached hydrogens (primary N) is 1. The molecule has 0 radical (unpaired) electrons. The van der Waals surface area contributed by atoms with Crippen LogP contribution in [0.5, 0.6) is 0 Å². The Hall–Kier alpha value is -0.930. The van der Waals surface area contributed by atoms with Crippen LogP contribution < -0.4 is 5.73 Å². The topological polar surface area (TPSA) is 29.3 Å². The molecule has 0 aliphatic carbocycles. The van der Waals surface area contributed by atoms with E-state index in [2.05, 4.69) is 11.8 Å². The van der Waals surface area contributed by atoms with Gasteiger partial charge in [0.2, 0.25) is 0 Å². The van der Waals surface area contributed by atoms with Crippen LogP contribution in [0.1, 0.15) is 18.9 Å². The summed E-state index contributed by atoms with van der Waals surface area (Å²) in [6.45, 7) is 5.17. The molecule has 2 N–H and O–H groups in total. The van der Waals surface area contributed by atoms with Gasteiger partial charge in [-0.3, -0.25) is 4.90 Å². The fourth-order valence-electron chi connectivity index (χ4n) is 1.64. The van der Waals surface area contributed by atoms with Crippen LogP contribution in [-0.2, 0) is 6.54 Å². The molecule has 0 saturated carbocycles. The summed E-state index contributed by atoms with van der Waals surface area (Å²) in [6, 6.07) is 6.91. The second kappa shape index (κ2) is 6.53. The predicted molar refractivity (Wildman–Crippen MR) is 61.0 cm³/mol. The Kier molecular flexibility index (Phi) is 5.29. The highest BCUT2D eigenvalue weighted by molar-refractivity contribution is 5.17. The molecule has 0 amide bonds. The third-order valence-corrected chi connectivity index (χ3v) is 2.34. The van der Waals surface area contributed by atoms with Gasteiger partial charge in [0.25, 0.3) is 0 Å². The first-order chi connectivity index (χ1) is 7.27. The average Bonchev–Trinajstić information content (AvgIpc) is 2.22. The van der Waals surface area contributed by atoms with Crippen LogP contribution in [0.25, 0.3) is 0 Å². The van der Waals surface area contributed by atoms with Crippen LogP contribution in [-0.4, -0.2) is 24.5 Å². The molecule has 3 heteroatoms. The highest BCUT2D eigenvalue weighted by atomic mass is 19.1. The van der Waals surface area contributed by atoms with Crippen molar-refractivity contribution in [2.45, 2.75) is 19.9 Å². The van der Waals surface area contributed by atoms with Crippen molar-refractivity contribution < 1.29 is 4.39 Å². The lowest BCUT2D eigenvalue weighted by molar-refractivity contribution is 0.269. The van der Waals surface area contributed by atoms with Crippen molar-refractivity contribution in [3.8, 4) is 0 Å². The van der Waals surface area contributed by atoms with Gasteiger partial charge in [-0.2, -0.15) is 0 Å². The fraction of sp³-hybridized carbons (Fsp3) is 0.500. The van der Waals surface area contributed by atoms with E-state index in [4.69, 9.17) is 5.73 Å². The van der Waals surface area contributed by atoms with E-state index >= 15 is 0 Å². The first-order valence-corrected chi connectivity index (χ1v) is 5.43. The summed E-state index contributed by atoms with van der Waals surface area (Å²) >= 11 is 0. The minimum atomic E-state index is -0.129. The summed E-state index contributed by atoms with van der Waals surface area (Å²) in [5, 5.41) is 0. The molecule has 1 rings (SSSR count). The van der Waals surface area contributed by atoms with Crippen LogP contribution in [0.3, 0.4) is 0 Å². The number of halogens is 1. The van der Waals surface area contributed by atoms with E-state index in [1.807, 2.05) is 12.1 Å². The van der Waals surface area contributed by atoms with Gasteiger partial charge in [-0.05, 0) is 19.0 Å². The quantitative estimate of drug-likeness (QED) is 0.778. The Labute approximate surface area is 90.9 Å². The molecular formula is C12H19FN2. The number of benzene rings is 1. The lowest BCUT2D eigenvalue weighted by Gasteiger charge is -2.20. The highest BCUT2D eigenvalue weighted by Crippen LogP contribution is 2.09. The Morgan fingerprint density at radius 2 is 2.00 bits per heavy atom. The molecular weight excluding hydrogens is 191 g/mol. The van der Waals surface area contributed by atoms with Crippen LogP contribution in [0.2, 0.25) is 0 Å². The molecule has 0 aliphatic heterocycles. The minimum Gasteiger partial charge on any atom is -0.329 e. The standard InChI is InChI=1S/C12H19FN2/c1-2-8-15(9-7-14)10-11-5-3-4-6-12(11)13/h3-6H,2,7-10,14H2,1H3. The molecule has 0 unspecified atom stereocenters. The second-order valence-corrected chi connectivity index (χ2v) is 3.66. The second-order valence-electron chi connectivity index (χ2n) is 3.66. The molecule has 0 spiro atoms. The van der Waals surface area contributed by atoms with Gasteiger partial charge in [0.15, 0.2) is 0 Å². The van der Waals surface area contributed by atoms with Gasteiger partial charge < -0.3 is 5.73 Å². The third kappa shape index (κ3) is 3.98. The van der Waals surface area contributed by atoms with Crippen molar-refractivity contribution in [1.82, 2.24) is 4.90 Å². The highest BCUT2D eigenvalue weighted by Gasteiger charge is 2.06. The number of rotatable bonds is 6. The fourth-order valence-corrected chi connectivity index (χ4v) is 1.64. The zero-order valence-corrected chi connectivity index (χ0v) is 9.25. The van der Waals surface area contributed by atoms with Crippen molar-refractivity contribution in [2.75, 3.05) is 19.6 Å². The summed E-state index contributed by atoms with van der Waals surface area (Å²) in [5.41, 5.74) is 6.27. The molecule has 15 heavy (non-hydrogen) atoms. The third-order valence-electron chi connectivity index (χ3n) is 2.34. The predicted octanol–water partition coefficient (Wildman–Crippen LogP) is 2.00. The van der Waals surface area contributed by atoms with E-state index in [0.717, 1.165) is 25.1 Å². The number of nitrogens with zero attached hydrogens (tertiary/aromatic N) is 1. The zero-order valence-electron chi connectivity index (χ0n) is 9.25. The molecule has 0 fully saturated rings. The molecule has 1 aromatic carbocycles. The lowest BCUT2D eigenvalue weighted by Crippen LogP contribution is -2.30. The van der Waals surface area contributed by atoms with Crippen molar-refractivity contribution in [2.24, 2.45) is 5.73 Å². The zero-order chi connectivity index (χ0) is 11.1. The van der Waals surface area contributed by atoms with E-state index in [0.29, 0.717) is 13.1 Å². The molecule has 0 heterocycles. The van der Waals surface area contributed by atoms with Gasteiger partial charge in [-0.15, -0.1) is 0 Å². The molecule has 0 aromatic heterocycles. The van der Waals surface area contributed by atoms with Gasteiger partial charge in [0.05, 0.1) is 0 Å². The van der Waals surface area contributed by atoms with Crippen LogP contribution in [0.4, 0.5) is 4.39 Å². The summed E-state index contributed by atoms with van der Waals surface area (Å²) in [7, 11) is 0. The maximum absolute atomic E-state index is 13.4. The van der Waals surface area contributed by atoms with Crippen molar-refractivity contribution in [3.05, 3.63) is 35.6 Å². The Morgan fingerprint density at radius 3 is 2.60 bits per heavy atom. The van der Waals surface area contributed by atoms with E-state index in [-0.39, 0.29) is 5.82 Å². The maximum Gasteiger partial charge on any atom is 0.127 e. The van der Waals surface area contributed by atoms with Gasteiger partial charge in [-0.25, -0.2) is 4.39 Å². The maximum atomic E-state index is 13.4. The summed E-state index contributed by atoms with van der Waals surface area (Å²) < 4.78 is 13.4. The molecule has 84 valence electrons. The molecule has 0 aliphatic rings. The molecule has 0 atom stereocenters. The number of hydrogen-bond acceptors (Lipinski definition) is 2. The largest absolute Gasteiger partial charge is 0.329 e. The van der Waals surface area contributed by atoms with Crippen molar-refractivity contribution in [3.63, 3.8) is 0 Å². The monoisotopic (exact) mass is 210 g/mol. The smallest absolute Gasteiger partial charge is 0.127 e. The summed E-state index contributed by atoms with van der Waals surface area (Å²) in [5.74, 6) is -0.129. The van der Waals surface area contributed by atoms with Gasteiger partial charge >= 0.3 is 0 Å².